The molecule has 1 rings (SSSR count). The molecule has 0 spiro atoms. The van der Waals surface area contributed by atoms with Crippen molar-refractivity contribution in [3.8, 4) is 0 Å². The van der Waals surface area contributed by atoms with Crippen molar-refractivity contribution in [1.29, 1.82) is 0 Å². The summed E-state index contributed by atoms with van der Waals surface area (Å²) in [6, 6.07) is -0.404. The van der Waals surface area contributed by atoms with Gasteiger partial charge in [0.15, 0.2) is 0 Å². The average Bonchev–Trinajstić information content (AvgIpc) is 1.90. The number of nitrogens with one attached hydrogen (secondary N) is 1. The highest BCUT2D eigenvalue weighted by molar-refractivity contribution is 5.75. The Bertz CT molecular complexity index is 108. The van der Waals surface area contributed by atoms with Crippen LogP contribution in [0.1, 0.15) is 12.8 Å². The first-order valence-electron chi connectivity index (χ1n) is 3.10. The second-order valence-corrected chi connectivity index (χ2v) is 2.15. The van der Waals surface area contributed by atoms with E-state index in [2.05, 4.69) is 5.32 Å². The molecule has 0 aromatic rings. The van der Waals surface area contributed by atoms with E-state index in [-0.39, 0.29) is 0 Å². The first kappa shape index (κ1) is 6.55. The lowest BCUT2D eigenvalue weighted by molar-refractivity contribution is -0.138. The molecule has 1 atom stereocenters. The molecular formula is C6H10NO2. The summed E-state index contributed by atoms with van der Waals surface area (Å²) in [7, 11) is 0. The van der Waals surface area contributed by atoms with Gasteiger partial charge in [0, 0.05) is 0 Å². The lowest BCUT2D eigenvalue weighted by atomic mass is 10.1. The molecule has 1 radical (unpaired) electrons. The number of piperidine rings is 1. The smallest absolute Gasteiger partial charge is 0.320 e. The lowest BCUT2D eigenvalue weighted by Crippen LogP contribution is -2.40. The van der Waals surface area contributed by atoms with E-state index < -0.39 is 12.0 Å². The zero-order valence-corrected chi connectivity index (χ0v) is 5.13. The van der Waals surface area contributed by atoms with Crippen LogP contribution in [0.3, 0.4) is 0 Å². The third-order valence-corrected chi connectivity index (χ3v) is 1.41. The van der Waals surface area contributed by atoms with E-state index in [0.717, 1.165) is 19.4 Å². The highest BCUT2D eigenvalue weighted by atomic mass is 16.4. The third-order valence-electron chi connectivity index (χ3n) is 1.41. The van der Waals surface area contributed by atoms with Crippen LogP contribution in [0, 0.1) is 6.42 Å². The van der Waals surface area contributed by atoms with Crippen LogP contribution in [0.15, 0.2) is 0 Å². The Kier molecular flexibility index (Phi) is 2.05. The van der Waals surface area contributed by atoms with Crippen molar-refractivity contribution in [3.63, 3.8) is 0 Å². The van der Waals surface area contributed by atoms with Crippen molar-refractivity contribution in [3.05, 3.63) is 6.42 Å². The van der Waals surface area contributed by atoms with Crippen molar-refractivity contribution >= 4 is 5.97 Å². The number of aliphatic carboxylic acids is 1. The molecule has 1 heterocycles. The Morgan fingerprint density at radius 1 is 1.78 bits per heavy atom. The second kappa shape index (κ2) is 2.82. The van der Waals surface area contributed by atoms with Gasteiger partial charge in [0.1, 0.15) is 6.04 Å². The molecule has 1 saturated heterocycles. The first-order chi connectivity index (χ1) is 4.30. The van der Waals surface area contributed by atoms with Crippen LogP contribution in [0.5, 0.6) is 0 Å². The summed E-state index contributed by atoms with van der Waals surface area (Å²) in [5.41, 5.74) is 0. The zero-order chi connectivity index (χ0) is 6.69. The van der Waals surface area contributed by atoms with Crippen molar-refractivity contribution in [2.24, 2.45) is 0 Å². The van der Waals surface area contributed by atoms with Gasteiger partial charge in [-0.05, 0) is 25.8 Å². The molecule has 0 saturated carbocycles. The van der Waals surface area contributed by atoms with Gasteiger partial charge >= 0.3 is 5.97 Å². The Labute approximate surface area is 54.1 Å². The largest absolute Gasteiger partial charge is 0.480 e. The Morgan fingerprint density at radius 3 is 2.89 bits per heavy atom. The van der Waals surface area contributed by atoms with E-state index in [0.29, 0.717) is 0 Å². The van der Waals surface area contributed by atoms with Gasteiger partial charge in [0.05, 0.1) is 0 Å². The van der Waals surface area contributed by atoms with E-state index in [1.165, 1.54) is 0 Å². The first-order valence-corrected chi connectivity index (χ1v) is 3.10. The van der Waals surface area contributed by atoms with Gasteiger partial charge in [0.2, 0.25) is 0 Å². The SMILES string of the molecule is O=C(O)C1[CH]CCCN1. The summed E-state index contributed by atoms with van der Waals surface area (Å²) in [5, 5.41) is 11.3. The van der Waals surface area contributed by atoms with Gasteiger partial charge < -0.3 is 10.4 Å². The van der Waals surface area contributed by atoms with E-state index in [1.807, 2.05) is 0 Å². The predicted molar refractivity (Wildman–Crippen MR) is 33.0 cm³/mol. The zero-order valence-electron chi connectivity index (χ0n) is 5.13. The minimum atomic E-state index is -0.769. The Hall–Kier alpha value is -0.570. The molecule has 3 nitrogen and oxygen atoms in total. The molecule has 1 fully saturated rings. The van der Waals surface area contributed by atoms with E-state index in [9.17, 15) is 4.79 Å². The van der Waals surface area contributed by atoms with E-state index >= 15 is 0 Å². The van der Waals surface area contributed by atoms with Crippen molar-refractivity contribution < 1.29 is 9.90 Å². The lowest BCUT2D eigenvalue weighted by Gasteiger charge is -2.18. The van der Waals surface area contributed by atoms with Crippen LogP contribution >= 0.6 is 0 Å². The summed E-state index contributed by atoms with van der Waals surface area (Å²) < 4.78 is 0. The van der Waals surface area contributed by atoms with Crippen LogP contribution < -0.4 is 5.32 Å². The molecule has 1 unspecified atom stereocenters. The number of hydrogen-bond acceptors (Lipinski definition) is 2. The normalized spacial score (nSPS) is 27.8. The summed E-state index contributed by atoms with van der Waals surface area (Å²) in [4.78, 5) is 10.3. The number of carbonyl (C=O) groups is 1. The van der Waals surface area contributed by atoms with Gasteiger partial charge in [-0.2, -0.15) is 0 Å². The van der Waals surface area contributed by atoms with Gasteiger partial charge in [-0.15, -0.1) is 0 Å². The van der Waals surface area contributed by atoms with Crippen LogP contribution in [0.25, 0.3) is 0 Å². The standard InChI is InChI=1S/C6H10NO2/c8-6(9)5-3-1-2-4-7-5/h3,5,7H,1-2,4H2,(H,8,9). The molecule has 0 bridgehead atoms. The quantitative estimate of drug-likeness (QED) is 0.523. The predicted octanol–water partition coefficient (Wildman–Crippen LogP) is 0.0273. The minimum Gasteiger partial charge on any atom is -0.480 e. The fraction of sp³-hybridized carbons (Fsp3) is 0.667. The molecule has 9 heavy (non-hydrogen) atoms. The Morgan fingerprint density at radius 2 is 2.56 bits per heavy atom. The number of carboxylic acids is 1. The van der Waals surface area contributed by atoms with Gasteiger partial charge in [0.25, 0.3) is 0 Å². The maximum absolute atomic E-state index is 10.3. The van der Waals surface area contributed by atoms with Gasteiger partial charge in [-0.1, -0.05) is 0 Å². The van der Waals surface area contributed by atoms with Crippen molar-refractivity contribution in [2.75, 3.05) is 6.54 Å². The molecule has 51 valence electrons. The fourth-order valence-corrected chi connectivity index (χ4v) is 0.916. The molecule has 1 aliphatic heterocycles. The molecule has 0 aromatic heterocycles. The van der Waals surface area contributed by atoms with Crippen LogP contribution in [-0.2, 0) is 4.79 Å². The molecule has 1 aliphatic rings. The molecule has 2 N–H and O–H groups in total. The number of hydrogen-bond donors (Lipinski definition) is 2. The topological polar surface area (TPSA) is 49.3 Å². The molecular weight excluding hydrogens is 118 g/mol. The third kappa shape index (κ3) is 1.68. The number of rotatable bonds is 1. The van der Waals surface area contributed by atoms with Crippen LogP contribution in [-0.4, -0.2) is 23.7 Å². The van der Waals surface area contributed by atoms with Crippen molar-refractivity contribution in [1.82, 2.24) is 5.32 Å². The fourth-order valence-electron chi connectivity index (χ4n) is 0.916. The molecule has 0 aliphatic carbocycles. The molecule has 0 amide bonds. The summed E-state index contributed by atoms with van der Waals surface area (Å²) in [5.74, 6) is -0.769. The maximum Gasteiger partial charge on any atom is 0.320 e. The molecule has 3 heteroatoms. The second-order valence-electron chi connectivity index (χ2n) is 2.15. The monoisotopic (exact) mass is 128 g/mol. The van der Waals surface area contributed by atoms with Gasteiger partial charge in [-0.3, -0.25) is 4.79 Å². The maximum atomic E-state index is 10.3. The summed E-state index contributed by atoms with van der Waals surface area (Å²) in [6.45, 7) is 0.827. The average molecular weight is 128 g/mol. The van der Waals surface area contributed by atoms with Crippen LogP contribution in [0.2, 0.25) is 0 Å². The summed E-state index contributed by atoms with van der Waals surface area (Å²) in [6.07, 6.45) is 3.78. The van der Waals surface area contributed by atoms with Crippen LogP contribution in [0.4, 0.5) is 0 Å². The van der Waals surface area contributed by atoms with Crippen molar-refractivity contribution in [2.45, 2.75) is 18.9 Å². The van der Waals surface area contributed by atoms with E-state index in [1.54, 1.807) is 6.42 Å². The highest BCUT2D eigenvalue weighted by Crippen LogP contribution is 2.04. The summed E-state index contributed by atoms with van der Waals surface area (Å²) >= 11 is 0. The van der Waals surface area contributed by atoms with Gasteiger partial charge in [-0.25, -0.2) is 0 Å². The minimum absolute atomic E-state index is 0.404. The highest BCUT2D eigenvalue weighted by Gasteiger charge is 2.18. The number of carboxylic acid groups (broad SMARTS) is 1. The van der Waals surface area contributed by atoms with E-state index in [4.69, 9.17) is 5.11 Å². The Balaban J connectivity index is 2.31. The molecule has 0 aromatic carbocycles.